The smallest absolute Gasteiger partial charge is 0.253 e. The number of aryl methyl sites for hydroxylation is 1. The maximum atomic E-state index is 12.6. The van der Waals surface area contributed by atoms with Gasteiger partial charge in [-0.25, -0.2) is 0 Å². The van der Waals surface area contributed by atoms with Gasteiger partial charge in [0.05, 0.1) is 17.3 Å². The van der Waals surface area contributed by atoms with Crippen LogP contribution >= 0.6 is 11.3 Å². The normalized spacial score (nSPS) is 23.5. The number of amides is 1. The van der Waals surface area contributed by atoms with E-state index in [-0.39, 0.29) is 11.9 Å². The fourth-order valence-electron chi connectivity index (χ4n) is 3.97. The first-order valence-corrected chi connectivity index (χ1v) is 9.52. The summed E-state index contributed by atoms with van der Waals surface area (Å²) in [5, 5.41) is 6.61. The summed E-state index contributed by atoms with van der Waals surface area (Å²) >= 11 is 1.84. The summed E-state index contributed by atoms with van der Waals surface area (Å²) in [6.45, 7) is 6.29. The van der Waals surface area contributed by atoms with Crippen molar-refractivity contribution in [3.8, 4) is 0 Å². The van der Waals surface area contributed by atoms with E-state index in [1.807, 2.05) is 23.5 Å². The highest BCUT2D eigenvalue weighted by molar-refractivity contribution is 7.12. The quantitative estimate of drug-likeness (QED) is 0.778. The molecule has 0 spiro atoms. The van der Waals surface area contributed by atoms with Gasteiger partial charge in [0.15, 0.2) is 0 Å². The van der Waals surface area contributed by atoms with Gasteiger partial charge in [-0.3, -0.25) is 4.79 Å². The molecule has 3 atom stereocenters. The Balaban J connectivity index is 1.76. The first kappa shape index (κ1) is 16.2. The van der Waals surface area contributed by atoms with E-state index in [0.29, 0.717) is 18.4 Å². The number of anilines is 1. The predicted octanol–water partition coefficient (Wildman–Crippen LogP) is 4.80. The van der Waals surface area contributed by atoms with Gasteiger partial charge >= 0.3 is 0 Å². The summed E-state index contributed by atoms with van der Waals surface area (Å²) in [7, 11) is 0. The molecule has 1 aliphatic heterocycles. The van der Waals surface area contributed by atoms with E-state index in [4.69, 9.17) is 0 Å². The van der Waals surface area contributed by atoms with Crippen LogP contribution in [0.2, 0.25) is 0 Å². The van der Waals surface area contributed by atoms with Gasteiger partial charge in [0.25, 0.3) is 5.91 Å². The van der Waals surface area contributed by atoms with Crippen molar-refractivity contribution in [2.45, 2.75) is 25.3 Å². The van der Waals surface area contributed by atoms with Crippen LogP contribution in [0, 0.1) is 12.8 Å². The van der Waals surface area contributed by atoms with Crippen LogP contribution in [0.3, 0.4) is 0 Å². The van der Waals surface area contributed by atoms with Crippen LogP contribution in [0.4, 0.5) is 5.69 Å². The van der Waals surface area contributed by atoms with Crippen molar-refractivity contribution in [1.29, 1.82) is 0 Å². The average Bonchev–Trinajstić information content (AvgIpc) is 3.27. The van der Waals surface area contributed by atoms with E-state index >= 15 is 0 Å². The summed E-state index contributed by atoms with van der Waals surface area (Å²) in [5.41, 5.74) is 2.93. The Kier molecular flexibility index (Phi) is 4.22. The van der Waals surface area contributed by atoms with E-state index in [1.54, 1.807) is 6.08 Å². The molecule has 3 nitrogen and oxygen atoms in total. The van der Waals surface area contributed by atoms with Crippen LogP contribution in [-0.2, 0) is 0 Å². The fraction of sp³-hybridized carbons (Fsp3) is 0.286. The van der Waals surface area contributed by atoms with E-state index in [0.717, 1.165) is 17.7 Å². The van der Waals surface area contributed by atoms with E-state index < -0.39 is 0 Å². The monoisotopic (exact) mass is 350 g/mol. The lowest BCUT2D eigenvalue weighted by molar-refractivity contribution is 0.0958. The minimum Gasteiger partial charge on any atom is -0.376 e. The molecule has 1 aromatic carbocycles. The van der Waals surface area contributed by atoms with Crippen LogP contribution in [0.15, 0.2) is 55.1 Å². The molecule has 25 heavy (non-hydrogen) atoms. The first-order valence-electron chi connectivity index (χ1n) is 8.70. The molecule has 2 aromatic rings. The van der Waals surface area contributed by atoms with E-state index in [1.165, 1.54) is 15.3 Å². The second-order valence-corrected chi connectivity index (χ2v) is 8.01. The molecular formula is C21H22N2OS. The van der Waals surface area contributed by atoms with E-state index in [9.17, 15) is 4.79 Å². The summed E-state index contributed by atoms with van der Waals surface area (Å²) in [6.07, 6.45) is 7.37. The van der Waals surface area contributed by atoms with Gasteiger partial charge < -0.3 is 10.6 Å². The highest BCUT2D eigenvalue weighted by Gasteiger charge is 2.39. The molecule has 1 amide bonds. The van der Waals surface area contributed by atoms with Gasteiger partial charge in [0, 0.05) is 22.2 Å². The Bertz CT molecular complexity index is 851. The number of benzene rings is 1. The lowest BCUT2D eigenvalue weighted by Crippen LogP contribution is -2.31. The summed E-state index contributed by atoms with van der Waals surface area (Å²) in [4.78, 5) is 15.3. The fourth-order valence-corrected chi connectivity index (χ4v) is 4.98. The number of rotatable bonds is 4. The zero-order chi connectivity index (χ0) is 17.4. The van der Waals surface area contributed by atoms with E-state index in [2.05, 4.69) is 54.5 Å². The molecule has 2 N–H and O–H groups in total. The molecule has 128 valence electrons. The predicted molar refractivity (Wildman–Crippen MR) is 104 cm³/mol. The number of para-hydroxylation sites is 1. The number of thiophene rings is 1. The minimum atomic E-state index is -0.0502. The molecule has 0 saturated heterocycles. The standard InChI is InChI=1S/C21H22N2OS/c1-3-12-22-21(24)17-9-5-7-15-14-6-4-8-16(14)20(23-19(15)17)18-11-10-13(2)25-18/h3-7,9-11,14,16,20,23H,1,8,12H2,2H3,(H,22,24). The van der Waals surface area contributed by atoms with Crippen molar-refractivity contribution in [2.24, 2.45) is 5.92 Å². The van der Waals surface area contributed by atoms with Gasteiger partial charge in [-0.15, -0.1) is 17.9 Å². The molecule has 3 unspecified atom stereocenters. The summed E-state index contributed by atoms with van der Waals surface area (Å²) in [6, 6.07) is 10.7. The molecule has 2 heterocycles. The van der Waals surface area contributed by atoms with Gasteiger partial charge in [0.1, 0.15) is 0 Å². The highest BCUT2D eigenvalue weighted by atomic mass is 32.1. The topological polar surface area (TPSA) is 41.1 Å². The zero-order valence-electron chi connectivity index (χ0n) is 14.3. The van der Waals surface area contributed by atoms with Crippen molar-refractivity contribution in [2.75, 3.05) is 11.9 Å². The third-order valence-corrected chi connectivity index (χ3v) is 6.20. The van der Waals surface area contributed by atoms with Crippen LogP contribution in [-0.4, -0.2) is 12.5 Å². The maximum absolute atomic E-state index is 12.6. The van der Waals surface area contributed by atoms with Crippen molar-refractivity contribution >= 4 is 22.9 Å². The molecule has 2 aliphatic rings. The zero-order valence-corrected chi connectivity index (χ0v) is 15.1. The Hall–Kier alpha value is -2.33. The van der Waals surface area contributed by atoms with Crippen molar-refractivity contribution in [3.63, 3.8) is 0 Å². The number of carbonyl (C=O) groups is 1. The number of hydrogen-bond donors (Lipinski definition) is 2. The molecule has 4 rings (SSSR count). The molecule has 4 heteroatoms. The maximum Gasteiger partial charge on any atom is 0.253 e. The molecule has 0 saturated carbocycles. The molecule has 0 fully saturated rings. The van der Waals surface area contributed by atoms with Crippen molar-refractivity contribution < 1.29 is 4.79 Å². The number of nitrogens with one attached hydrogen (secondary N) is 2. The van der Waals surface area contributed by atoms with Gasteiger partial charge in [-0.1, -0.05) is 30.4 Å². The molecule has 1 aliphatic carbocycles. The lowest BCUT2D eigenvalue weighted by Gasteiger charge is -2.37. The van der Waals surface area contributed by atoms with Gasteiger partial charge in [-0.05, 0) is 43.0 Å². The molecule has 1 aromatic heterocycles. The van der Waals surface area contributed by atoms with Crippen LogP contribution in [0.25, 0.3) is 0 Å². The van der Waals surface area contributed by atoms with Gasteiger partial charge in [0.2, 0.25) is 0 Å². The van der Waals surface area contributed by atoms with Crippen molar-refractivity contribution in [1.82, 2.24) is 5.32 Å². The largest absolute Gasteiger partial charge is 0.376 e. The lowest BCUT2D eigenvalue weighted by atomic mass is 9.78. The third-order valence-electron chi connectivity index (χ3n) is 5.12. The summed E-state index contributed by atoms with van der Waals surface area (Å²) in [5.74, 6) is 0.832. The summed E-state index contributed by atoms with van der Waals surface area (Å²) < 4.78 is 0. The Labute approximate surface area is 152 Å². The second-order valence-electron chi connectivity index (χ2n) is 6.69. The Morgan fingerprint density at radius 2 is 2.28 bits per heavy atom. The molecule has 0 radical (unpaired) electrons. The molecular weight excluding hydrogens is 328 g/mol. The SMILES string of the molecule is C=CCNC(=O)c1cccc2c1NC(c1ccc(C)s1)C1CC=CC21. The number of hydrogen-bond acceptors (Lipinski definition) is 3. The van der Waals surface area contributed by atoms with Crippen molar-refractivity contribution in [3.05, 3.63) is 76.0 Å². The second kappa shape index (κ2) is 6.52. The van der Waals surface area contributed by atoms with Crippen LogP contribution < -0.4 is 10.6 Å². The first-order chi connectivity index (χ1) is 12.2. The average molecular weight is 350 g/mol. The van der Waals surface area contributed by atoms with Gasteiger partial charge in [-0.2, -0.15) is 0 Å². The Morgan fingerprint density at radius 3 is 3.04 bits per heavy atom. The molecule has 0 bridgehead atoms. The van der Waals surface area contributed by atoms with Crippen LogP contribution in [0.5, 0.6) is 0 Å². The minimum absolute atomic E-state index is 0.0502. The Morgan fingerprint density at radius 1 is 1.40 bits per heavy atom. The third kappa shape index (κ3) is 2.81. The van der Waals surface area contributed by atoms with Crippen LogP contribution in [0.1, 0.15) is 44.1 Å². The highest BCUT2D eigenvalue weighted by Crippen LogP contribution is 2.51. The number of carbonyl (C=O) groups excluding carboxylic acids is 1. The number of fused-ring (bicyclic) bond motifs is 3. The number of allylic oxidation sites excluding steroid dienone is 2.